The zero-order chi connectivity index (χ0) is 21.1. The van der Waals surface area contributed by atoms with Crippen LogP contribution in [0, 0.1) is 13.8 Å². The lowest BCUT2D eigenvalue weighted by Gasteiger charge is -2.18. The number of rotatable bonds is 7. The van der Waals surface area contributed by atoms with E-state index in [1.807, 2.05) is 42.8 Å². The van der Waals surface area contributed by atoms with Gasteiger partial charge in [0.25, 0.3) is 5.91 Å². The largest absolute Gasteiger partial charge is 0.341 e. The molecule has 4 amide bonds. The number of nitrogens with zero attached hydrogens (tertiary/aromatic N) is 3. The van der Waals surface area contributed by atoms with Crippen molar-refractivity contribution in [3.63, 3.8) is 0 Å². The molecule has 3 rings (SSSR count). The van der Waals surface area contributed by atoms with Gasteiger partial charge in [-0.05, 0) is 31.9 Å². The van der Waals surface area contributed by atoms with Crippen molar-refractivity contribution in [3.8, 4) is 0 Å². The molecule has 154 valence electrons. The van der Waals surface area contributed by atoms with Gasteiger partial charge in [-0.2, -0.15) is 5.10 Å². The fourth-order valence-corrected chi connectivity index (χ4v) is 3.55. The van der Waals surface area contributed by atoms with Crippen molar-refractivity contribution in [2.75, 3.05) is 7.05 Å². The van der Waals surface area contributed by atoms with E-state index in [0.29, 0.717) is 18.1 Å². The van der Waals surface area contributed by atoms with Gasteiger partial charge in [0.05, 0.1) is 12.2 Å². The Bertz CT molecular complexity index is 956. The van der Waals surface area contributed by atoms with Gasteiger partial charge < -0.3 is 10.2 Å². The quantitative estimate of drug-likeness (QED) is 0.674. The highest BCUT2D eigenvalue weighted by molar-refractivity contribution is 6.31. The summed E-state index contributed by atoms with van der Waals surface area (Å²) in [6, 6.07) is 6.47. The van der Waals surface area contributed by atoms with Gasteiger partial charge in [0.15, 0.2) is 0 Å². The molecule has 1 fully saturated rings. The summed E-state index contributed by atoms with van der Waals surface area (Å²) < 4.78 is 1.89. The van der Waals surface area contributed by atoms with Crippen LogP contribution < -0.4 is 10.6 Å². The SMILES string of the molecule is Cc1nn(Cc2ccccc2Cl)c(C)c1CN(C)C(=O)CC[C@@H]1NC(=O)NC1=O. The molecular formula is C20H24ClN5O3. The third-order valence-electron chi connectivity index (χ3n) is 5.14. The molecule has 2 N–H and O–H groups in total. The molecule has 0 aliphatic carbocycles. The molecular weight excluding hydrogens is 394 g/mol. The number of nitrogens with one attached hydrogen (secondary N) is 2. The van der Waals surface area contributed by atoms with Crippen LogP contribution in [0.2, 0.25) is 5.02 Å². The second kappa shape index (κ2) is 8.65. The van der Waals surface area contributed by atoms with Gasteiger partial charge >= 0.3 is 6.03 Å². The predicted molar refractivity (Wildman–Crippen MR) is 108 cm³/mol. The average molecular weight is 418 g/mol. The van der Waals surface area contributed by atoms with E-state index in [2.05, 4.69) is 15.7 Å². The number of benzene rings is 1. The number of urea groups is 1. The van der Waals surface area contributed by atoms with E-state index < -0.39 is 18.0 Å². The minimum Gasteiger partial charge on any atom is -0.341 e. The van der Waals surface area contributed by atoms with Crippen LogP contribution in [-0.2, 0) is 22.7 Å². The Morgan fingerprint density at radius 3 is 2.66 bits per heavy atom. The molecule has 0 radical (unpaired) electrons. The topological polar surface area (TPSA) is 96.3 Å². The highest BCUT2D eigenvalue weighted by atomic mass is 35.5. The van der Waals surface area contributed by atoms with Gasteiger partial charge in [-0.1, -0.05) is 29.8 Å². The van der Waals surface area contributed by atoms with Crippen molar-refractivity contribution >= 4 is 29.4 Å². The summed E-state index contributed by atoms with van der Waals surface area (Å²) in [4.78, 5) is 36.9. The molecule has 1 aliphatic rings. The highest BCUT2D eigenvalue weighted by Crippen LogP contribution is 2.20. The number of carbonyl (C=O) groups excluding carboxylic acids is 3. The Hall–Kier alpha value is -2.87. The van der Waals surface area contributed by atoms with E-state index in [-0.39, 0.29) is 18.7 Å². The maximum absolute atomic E-state index is 12.5. The molecule has 9 heteroatoms. The van der Waals surface area contributed by atoms with Crippen LogP contribution in [-0.4, -0.2) is 45.6 Å². The van der Waals surface area contributed by atoms with Crippen molar-refractivity contribution in [2.45, 2.75) is 45.8 Å². The van der Waals surface area contributed by atoms with E-state index in [0.717, 1.165) is 22.5 Å². The number of halogens is 1. The minimum atomic E-state index is -0.651. The van der Waals surface area contributed by atoms with Crippen LogP contribution in [0.5, 0.6) is 0 Å². The molecule has 0 unspecified atom stereocenters. The fraction of sp³-hybridized carbons (Fsp3) is 0.400. The maximum atomic E-state index is 12.5. The van der Waals surface area contributed by atoms with Crippen LogP contribution in [0.15, 0.2) is 24.3 Å². The number of hydrogen-bond acceptors (Lipinski definition) is 4. The number of aryl methyl sites for hydroxylation is 1. The first-order valence-corrected chi connectivity index (χ1v) is 9.75. The smallest absolute Gasteiger partial charge is 0.322 e. The molecule has 1 saturated heterocycles. The number of imide groups is 1. The van der Waals surface area contributed by atoms with E-state index in [9.17, 15) is 14.4 Å². The van der Waals surface area contributed by atoms with Crippen molar-refractivity contribution in [2.24, 2.45) is 0 Å². The summed E-state index contributed by atoms with van der Waals surface area (Å²) in [6.45, 7) is 4.87. The Morgan fingerprint density at radius 1 is 1.28 bits per heavy atom. The summed E-state index contributed by atoms with van der Waals surface area (Å²) in [6.07, 6.45) is 0.436. The third-order valence-corrected chi connectivity index (χ3v) is 5.50. The molecule has 0 saturated carbocycles. The Morgan fingerprint density at radius 2 is 2.00 bits per heavy atom. The Labute approximate surface area is 174 Å². The van der Waals surface area contributed by atoms with Crippen LogP contribution in [0.3, 0.4) is 0 Å². The lowest BCUT2D eigenvalue weighted by Crippen LogP contribution is -2.32. The zero-order valence-corrected chi connectivity index (χ0v) is 17.4. The Balaban J connectivity index is 1.62. The molecule has 2 aromatic rings. The molecule has 1 aromatic heterocycles. The van der Waals surface area contributed by atoms with Gasteiger partial charge in [-0.3, -0.25) is 19.6 Å². The van der Waals surface area contributed by atoms with Crippen LogP contribution in [0.25, 0.3) is 0 Å². The first-order valence-electron chi connectivity index (χ1n) is 9.38. The molecule has 29 heavy (non-hydrogen) atoms. The zero-order valence-electron chi connectivity index (χ0n) is 16.7. The summed E-state index contributed by atoms with van der Waals surface area (Å²) >= 11 is 6.26. The summed E-state index contributed by atoms with van der Waals surface area (Å²) in [5, 5.41) is 9.97. The molecule has 1 atom stereocenters. The van der Waals surface area contributed by atoms with Crippen molar-refractivity contribution < 1.29 is 14.4 Å². The third kappa shape index (κ3) is 4.76. The molecule has 1 aliphatic heterocycles. The first-order chi connectivity index (χ1) is 13.8. The number of amides is 4. The summed E-state index contributed by atoms with van der Waals surface area (Å²) in [5.41, 5.74) is 3.80. The monoisotopic (exact) mass is 417 g/mol. The second-order valence-corrected chi connectivity index (χ2v) is 7.61. The van der Waals surface area contributed by atoms with Crippen molar-refractivity contribution in [3.05, 3.63) is 51.8 Å². The minimum absolute atomic E-state index is 0.100. The van der Waals surface area contributed by atoms with Gasteiger partial charge in [0.2, 0.25) is 5.91 Å². The van der Waals surface area contributed by atoms with Gasteiger partial charge in [0.1, 0.15) is 6.04 Å². The standard InChI is InChI=1S/C20H24ClN5O3/c1-12-15(13(2)26(24-12)10-14-6-4-5-7-16(14)21)11-25(3)18(27)9-8-17-19(28)23-20(29)22-17/h4-7,17H,8-11H2,1-3H3,(H2,22,23,28,29)/t17-/m0/s1. The average Bonchev–Trinajstić information content (AvgIpc) is 3.13. The molecule has 2 heterocycles. The Kier molecular flexibility index (Phi) is 6.22. The van der Waals surface area contributed by atoms with Crippen LogP contribution in [0.4, 0.5) is 4.79 Å². The van der Waals surface area contributed by atoms with Gasteiger partial charge in [-0.25, -0.2) is 4.79 Å². The van der Waals surface area contributed by atoms with Gasteiger partial charge in [-0.15, -0.1) is 0 Å². The molecule has 0 bridgehead atoms. The number of carbonyl (C=O) groups is 3. The predicted octanol–water partition coefficient (Wildman–Crippen LogP) is 2.15. The molecule has 1 aromatic carbocycles. The molecule has 8 nitrogen and oxygen atoms in total. The summed E-state index contributed by atoms with van der Waals surface area (Å²) in [7, 11) is 1.72. The van der Waals surface area contributed by atoms with Crippen molar-refractivity contribution in [1.29, 1.82) is 0 Å². The second-order valence-electron chi connectivity index (χ2n) is 7.20. The van der Waals surface area contributed by atoms with E-state index >= 15 is 0 Å². The lowest BCUT2D eigenvalue weighted by molar-refractivity contribution is -0.130. The highest BCUT2D eigenvalue weighted by Gasteiger charge is 2.30. The van der Waals surface area contributed by atoms with Crippen molar-refractivity contribution in [1.82, 2.24) is 25.3 Å². The first kappa shape index (κ1) is 20.9. The maximum Gasteiger partial charge on any atom is 0.322 e. The number of aromatic nitrogens is 2. The van der Waals surface area contributed by atoms with E-state index in [1.54, 1.807) is 11.9 Å². The van der Waals surface area contributed by atoms with Crippen LogP contribution in [0.1, 0.15) is 35.4 Å². The molecule has 0 spiro atoms. The summed E-state index contributed by atoms with van der Waals surface area (Å²) in [5.74, 6) is -0.491. The van der Waals surface area contributed by atoms with Crippen LogP contribution >= 0.6 is 11.6 Å². The van der Waals surface area contributed by atoms with E-state index in [4.69, 9.17) is 11.6 Å². The normalized spacial score (nSPS) is 15.9. The lowest BCUT2D eigenvalue weighted by atomic mass is 10.1. The van der Waals surface area contributed by atoms with E-state index in [1.165, 1.54) is 0 Å². The van der Waals surface area contributed by atoms with Gasteiger partial charge in [0, 0.05) is 36.3 Å². The number of hydrogen-bond donors (Lipinski definition) is 2. The fourth-order valence-electron chi connectivity index (χ4n) is 3.35.